The molecule has 43 heavy (non-hydrogen) atoms. The molecule has 1 aliphatic rings. The van der Waals surface area contributed by atoms with Crippen molar-refractivity contribution in [3.05, 3.63) is 75.6 Å². The van der Waals surface area contributed by atoms with Gasteiger partial charge in [0, 0.05) is 32.4 Å². The summed E-state index contributed by atoms with van der Waals surface area (Å²) in [5, 5.41) is 15.1. The molecule has 1 saturated heterocycles. The molecule has 5 rings (SSSR count). The quantitative estimate of drug-likeness (QED) is 0.172. The molecule has 3 N–H and O–H groups in total. The molecule has 15 heteroatoms. The van der Waals surface area contributed by atoms with Gasteiger partial charge in [0.05, 0.1) is 12.7 Å². The molecule has 4 aromatic rings. The van der Waals surface area contributed by atoms with E-state index in [0.29, 0.717) is 0 Å². The fourth-order valence-corrected chi connectivity index (χ4v) is 7.33. The fraction of sp³-hybridized carbons (Fsp3) is 0.393. The van der Waals surface area contributed by atoms with Crippen molar-refractivity contribution in [2.24, 2.45) is 0 Å². The normalized spacial score (nSPS) is 24.3. The molecule has 1 unspecified atom stereocenters. The molecular weight excluding hydrogens is 604 g/mol. The highest BCUT2D eigenvalue weighted by molar-refractivity contribution is 7.52. The molecular formula is C28H31FN3O9PS. The highest BCUT2D eigenvalue weighted by Gasteiger charge is 2.56. The lowest BCUT2D eigenvalue weighted by molar-refractivity contribution is -0.149. The second-order valence-corrected chi connectivity index (χ2v) is 13.4. The highest BCUT2D eigenvalue weighted by atomic mass is 32.1. The Balaban J connectivity index is 1.41. The third-order valence-electron chi connectivity index (χ3n) is 6.86. The number of aliphatic hydroxyl groups excluding tert-OH is 1. The zero-order chi connectivity index (χ0) is 31.1. The van der Waals surface area contributed by atoms with E-state index in [1.807, 2.05) is 29.2 Å². The smallest absolute Gasteiger partial charge is 0.459 e. The number of H-pyrrole nitrogens is 1. The fourth-order valence-electron chi connectivity index (χ4n) is 4.75. The van der Waals surface area contributed by atoms with Crippen molar-refractivity contribution in [3.63, 3.8) is 0 Å². The summed E-state index contributed by atoms with van der Waals surface area (Å²) >= 11 is 1.58. The van der Waals surface area contributed by atoms with Gasteiger partial charge in [-0.15, -0.1) is 11.3 Å². The van der Waals surface area contributed by atoms with Crippen molar-refractivity contribution in [1.82, 2.24) is 14.6 Å². The average Bonchev–Trinajstić information content (AvgIpc) is 3.41. The van der Waals surface area contributed by atoms with Crippen molar-refractivity contribution < 1.29 is 37.4 Å². The summed E-state index contributed by atoms with van der Waals surface area (Å²) in [5.41, 5.74) is -4.14. The lowest BCUT2D eigenvalue weighted by Gasteiger charge is -2.25. The van der Waals surface area contributed by atoms with Crippen LogP contribution < -0.4 is 20.9 Å². The van der Waals surface area contributed by atoms with Gasteiger partial charge in [-0.2, -0.15) is 5.09 Å². The first kappa shape index (κ1) is 31.0. The number of fused-ring (bicyclic) bond motifs is 3. The number of halogens is 1. The van der Waals surface area contributed by atoms with Crippen LogP contribution >= 0.6 is 19.1 Å². The molecule has 0 aliphatic carbocycles. The van der Waals surface area contributed by atoms with Crippen LogP contribution in [0.25, 0.3) is 20.2 Å². The number of aromatic amines is 1. The second-order valence-electron chi connectivity index (χ2n) is 10.6. The Kier molecular flexibility index (Phi) is 8.63. The summed E-state index contributed by atoms with van der Waals surface area (Å²) in [4.78, 5) is 38.3. The van der Waals surface area contributed by atoms with Crippen LogP contribution in [0.2, 0.25) is 0 Å². The van der Waals surface area contributed by atoms with E-state index in [4.69, 9.17) is 18.5 Å². The van der Waals surface area contributed by atoms with E-state index in [2.05, 4.69) is 5.09 Å². The number of carbonyl (C=O) groups is 1. The van der Waals surface area contributed by atoms with Crippen LogP contribution in [0, 0.1) is 0 Å². The van der Waals surface area contributed by atoms with Gasteiger partial charge in [0.2, 0.25) is 0 Å². The number of nitrogens with one attached hydrogen (secondary N) is 2. The molecule has 230 valence electrons. The molecule has 0 saturated carbocycles. The van der Waals surface area contributed by atoms with Gasteiger partial charge in [-0.3, -0.25) is 23.7 Å². The Labute approximate surface area is 248 Å². The number of carbonyl (C=O) groups excluding carboxylic acids is 1. The number of aliphatic hydroxyl groups is 1. The first-order valence-corrected chi connectivity index (χ1v) is 15.8. The summed E-state index contributed by atoms with van der Waals surface area (Å²) in [6.07, 6.45) is -4.28. The van der Waals surface area contributed by atoms with Gasteiger partial charge in [-0.25, -0.2) is 13.8 Å². The first-order valence-electron chi connectivity index (χ1n) is 13.4. The van der Waals surface area contributed by atoms with Crippen molar-refractivity contribution in [2.75, 3.05) is 6.61 Å². The summed E-state index contributed by atoms with van der Waals surface area (Å²) < 4.78 is 54.9. The Hall–Kier alpha value is -3.39. The van der Waals surface area contributed by atoms with Crippen LogP contribution in [-0.4, -0.2) is 57.3 Å². The third-order valence-corrected chi connectivity index (χ3v) is 9.66. The summed E-state index contributed by atoms with van der Waals surface area (Å²) in [6.45, 7) is 5.11. The number of alkyl halides is 1. The number of nitrogens with zero attached hydrogens (tertiary/aromatic N) is 1. The van der Waals surface area contributed by atoms with E-state index in [1.165, 1.54) is 6.92 Å². The molecule has 0 spiro atoms. The molecule has 2 aromatic carbocycles. The lowest BCUT2D eigenvalue weighted by atomic mass is 9.98. The molecule has 1 fully saturated rings. The SMILES string of the molecule is CC(C)OC(=O)[C@H](C)NP(=O)(OC[C@H]1O[C@@H](n2ccc(=O)[nH]c2=O)[C@](C)(F)[C@@H]1O)Oc1ccc2sc3ccccc3c2c1. The molecule has 3 heterocycles. The first-order chi connectivity index (χ1) is 20.3. The van der Waals surface area contributed by atoms with Crippen molar-refractivity contribution in [1.29, 1.82) is 0 Å². The van der Waals surface area contributed by atoms with Gasteiger partial charge in [-0.1, -0.05) is 18.2 Å². The standard InChI is InChI=1S/C28H31FN3O9PS/c1-15(2)39-25(35)16(3)31-42(37,41-17-9-10-22-19(13-17)18-7-5-6-8-21(18)43-22)38-14-20-24(34)28(4,29)26(40-20)32-12-11-23(33)30-27(32)36/h5-13,15-16,20,24,26,34H,14H2,1-4H3,(H,31,37)(H,30,33,36)/t16-,20+,24+,26+,28+,42?/m0/s1. The monoisotopic (exact) mass is 635 g/mol. The maximum absolute atomic E-state index is 15.7. The van der Waals surface area contributed by atoms with E-state index < -0.39 is 67.8 Å². The Morgan fingerprint density at radius 3 is 2.63 bits per heavy atom. The van der Waals surface area contributed by atoms with E-state index in [9.17, 15) is 24.1 Å². The van der Waals surface area contributed by atoms with Crippen LogP contribution in [0.15, 0.2) is 64.3 Å². The Morgan fingerprint density at radius 2 is 1.91 bits per heavy atom. The van der Waals surface area contributed by atoms with E-state index in [0.717, 1.165) is 43.9 Å². The number of rotatable bonds is 10. The van der Waals surface area contributed by atoms with Crippen molar-refractivity contribution >= 4 is 45.2 Å². The molecule has 0 amide bonds. The molecule has 6 atom stereocenters. The topological polar surface area (TPSA) is 158 Å². The predicted molar refractivity (Wildman–Crippen MR) is 158 cm³/mol. The van der Waals surface area contributed by atoms with Crippen LogP contribution in [0.1, 0.15) is 33.9 Å². The Morgan fingerprint density at radius 1 is 1.19 bits per heavy atom. The number of benzene rings is 2. The number of esters is 1. The van der Waals surface area contributed by atoms with E-state index >= 15 is 4.39 Å². The minimum atomic E-state index is -4.42. The maximum atomic E-state index is 15.7. The van der Waals surface area contributed by atoms with Gasteiger partial charge >= 0.3 is 19.4 Å². The van der Waals surface area contributed by atoms with Gasteiger partial charge < -0.3 is 19.1 Å². The number of thiophene rings is 1. The molecule has 1 aliphatic heterocycles. The Bertz CT molecular complexity index is 1820. The lowest BCUT2D eigenvalue weighted by Crippen LogP contribution is -2.43. The van der Waals surface area contributed by atoms with Crippen LogP contribution in [0.3, 0.4) is 0 Å². The number of ether oxygens (including phenoxy) is 2. The minimum absolute atomic E-state index is 0.164. The zero-order valence-electron chi connectivity index (χ0n) is 23.7. The molecule has 0 radical (unpaired) electrons. The zero-order valence-corrected chi connectivity index (χ0v) is 25.4. The van der Waals surface area contributed by atoms with Crippen LogP contribution in [-0.2, 0) is 23.4 Å². The maximum Gasteiger partial charge on any atom is 0.459 e. The average molecular weight is 636 g/mol. The summed E-state index contributed by atoms with van der Waals surface area (Å²) in [6, 6.07) is 12.7. The number of aromatic nitrogens is 2. The van der Waals surface area contributed by atoms with E-state index in [-0.39, 0.29) is 5.75 Å². The molecule has 2 aromatic heterocycles. The number of hydrogen-bond donors (Lipinski definition) is 3. The number of hydrogen-bond acceptors (Lipinski definition) is 10. The van der Waals surface area contributed by atoms with Gasteiger partial charge in [-0.05, 0) is 52.0 Å². The van der Waals surface area contributed by atoms with Crippen LogP contribution in [0.5, 0.6) is 5.75 Å². The van der Waals surface area contributed by atoms with Crippen molar-refractivity contribution in [2.45, 2.75) is 63.9 Å². The third kappa shape index (κ3) is 6.44. The predicted octanol–water partition coefficient (Wildman–Crippen LogP) is 4.02. The summed E-state index contributed by atoms with van der Waals surface area (Å²) in [5.74, 6) is -0.551. The molecule has 0 bridgehead atoms. The summed E-state index contributed by atoms with van der Waals surface area (Å²) in [7, 11) is -4.42. The van der Waals surface area contributed by atoms with Gasteiger partial charge in [0.15, 0.2) is 11.9 Å². The van der Waals surface area contributed by atoms with Crippen molar-refractivity contribution in [3.8, 4) is 5.75 Å². The van der Waals surface area contributed by atoms with Gasteiger partial charge in [0.25, 0.3) is 5.56 Å². The highest BCUT2D eigenvalue weighted by Crippen LogP contribution is 2.48. The molecule has 12 nitrogen and oxygen atoms in total. The second kappa shape index (κ2) is 11.9. The largest absolute Gasteiger partial charge is 0.462 e. The minimum Gasteiger partial charge on any atom is -0.462 e. The van der Waals surface area contributed by atoms with Crippen LogP contribution in [0.4, 0.5) is 4.39 Å². The van der Waals surface area contributed by atoms with E-state index in [1.54, 1.807) is 43.4 Å². The van der Waals surface area contributed by atoms with Gasteiger partial charge in [0.1, 0.15) is 24.0 Å².